The van der Waals surface area contributed by atoms with Crippen molar-refractivity contribution in [3.05, 3.63) is 84.5 Å². The number of hydrogen-bond acceptors (Lipinski definition) is 3. The third-order valence-corrected chi connectivity index (χ3v) is 10.5. The fourth-order valence-corrected chi connectivity index (χ4v) is 9.10. The summed E-state index contributed by atoms with van der Waals surface area (Å²) in [5, 5.41) is 0. The molecule has 0 unspecified atom stereocenters. The molecular weight excluding hydrogens is 408 g/mol. The van der Waals surface area contributed by atoms with Crippen molar-refractivity contribution in [1.29, 1.82) is 0 Å². The van der Waals surface area contributed by atoms with Gasteiger partial charge in [0.15, 0.2) is 0 Å². The van der Waals surface area contributed by atoms with Gasteiger partial charge in [-0.2, -0.15) is 0 Å². The van der Waals surface area contributed by atoms with Crippen molar-refractivity contribution >= 4 is 30.3 Å². The Kier molecular flexibility index (Phi) is 7.53. The molecule has 0 bridgehead atoms. The number of allylic oxidation sites excluding steroid dienone is 2. The van der Waals surface area contributed by atoms with Crippen LogP contribution in [0.1, 0.15) is 44.7 Å². The zero-order valence-corrected chi connectivity index (χ0v) is 20.7. The van der Waals surface area contributed by atoms with Gasteiger partial charge >= 0.3 is 194 Å². The van der Waals surface area contributed by atoms with Gasteiger partial charge in [0.05, 0.1) is 0 Å². The van der Waals surface area contributed by atoms with E-state index in [4.69, 9.17) is 15.0 Å². The van der Waals surface area contributed by atoms with E-state index in [1.54, 1.807) is 5.57 Å². The summed E-state index contributed by atoms with van der Waals surface area (Å²) in [5.74, 6) is 0.672. The molecule has 3 heterocycles. The average molecular weight is 443 g/mol. The van der Waals surface area contributed by atoms with Gasteiger partial charge in [-0.1, -0.05) is 0 Å². The molecule has 3 aromatic heterocycles. The van der Waals surface area contributed by atoms with Gasteiger partial charge in [-0.15, -0.1) is 0 Å². The first-order valence-electron chi connectivity index (χ1n) is 12.0. The van der Waals surface area contributed by atoms with Gasteiger partial charge in [0.1, 0.15) is 0 Å². The van der Waals surface area contributed by atoms with E-state index in [0.29, 0.717) is 5.92 Å². The van der Waals surface area contributed by atoms with Gasteiger partial charge < -0.3 is 0 Å². The van der Waals surface area contributed by atoms with E-state index in [1.165, 1.54) is 37.7 Å². The van der Waals surface area contributed by atoms with Crippen molar-refractivity contribution in [2.75, 3.05) is 19.5 Å². The fraction of sp³-hybridized carbons (Fsp3) is 0.370. The molecule has 0 aromatic carbocycles. The quantitative estimate of drug-likeness (QED) is 0.379. The minimum atomic E-state index is -1.87. The summed E-state index contributed by atoms with van der Waals surface area (Å²) in [7, 11) is -1.87. The normalized spacial score (nSPS) is 16.3. The molecular formula is C27H35BN3P. The van der Waals surface area contributed by atoms with Crippen LogP contribution in [0.3, 0.4) is 0 Å². The van der Waals surface area contributed by atoms with Crippen LogP contribution in [0.4, 0.5) is 0 Å². The van der Waals surface area contributed by atoms with E-state index in [1.807, 2.05) is 36.8 Å². The van der Waals surface area contributed by atoms with Crippen LogP contribution >= 0.6 is 7.14 Å². The molecule has 1 fully saturated rings. The SMILES string of the molecule is C/C(=C(\C[PH](C)(C)B(c1ccccn1)c1ccccn1)C1CCCCC1)c1ccccn1. The van der Waals surface area contributed by atoms with E-state index in [-0.39, 0.29) is 6.43 Å². The van der Waals surface area contributed by atoms with E-state index < -0.39 is 7.14 Å². The van der Waals surface area contributed by atoms with Gasteiger partial charge in [0.2, 0.25) is 0 Å². The first-order valence-corrected chi connectivity index (χ1v) is 15.3. The van der Waals surface area contributed by atoms with Crippen molar-refractivity contribution in [2.24, 2.45) is 5.92 Å². The molecule has 0 atom stereocenters. The second kappa shape index (κ2) is 10.5. The van der Waals surface area contributed by atoms with Crippen molar-refractivity contribution in [2.45, 2.75) is 39.0 Å². The van der Waals surface area contributed by atoms with Gasteiger partial charge in [-0.25, -0.2) is 0 Å². The maximum atomic E-state index is 4.81. The number of aromatic nitrogens is 3. The zero-order valence-electron chi connectivity index (χ0n) is 19.7. The standard InChI is InChI=1S/C27H35BN3P/c1-22(25-15-7-10-18-29-25)24(23-13-5-4-6-14-23)21-32(2,3)28(26-16-8-11-19-30-26)27-17-9-12-20-31-27/h7-12,15-20,23,32H,4-6,13-14,21H2,1-3H3/b24-22-. The minimum absolute atomic E-state index is 0.264. The van der Waals surface area contributed by atoms with Crippen LogP contribution in [-0.4, -0.2) is 40.9 Å². The monoisotopic (exact) mass is 443 g/mol. The summed E-state index contributed by atoms with van der Waals surface area (Å²) in [4.78, 5) is 14.3. The first-order chi connectivity index (χ1) is 15.6. The fourth-order valence-electron chi connectivity index (χ4n) is 5.42. The molecule has 5 heteroatoms. The molecule has 166 valence electrons. The third kappa shape index (κ3) is 5.35. The molecule has 0 amide bonds. The Hall–Kier alpha value is -2.32. The maximum absolute atomic E-state index is 4.81. The molecule has 0 radical (unpaired) electrons. The van der Waals surface area contributed by atoms with Crippen LogP contribution in [0.5, 0.6) is 0 Å². The van der Waals surface area contributed by atoms with Gasteiger partial charge in [0, 0.05) is 0 Å². The Bertz CT molecular complexity index is 977. The van der Waals surface area contributed by atoms with E-state index >= 15 is 0 Å². The Morgan fingerprint density at radius 3 is 1.88 bits per heavy atom. The molecule has 3 aromatic rings. The van der Waals surface area contributed by atoms with Crippen LogP contribution in [0.15, 0.2) is 78.8 Å². The van der Waals surface area contributed by atoms with E-state index in [0.717, 1.165) is 23.0 Å². The molecule has 32 heavy (non-hydrogen) atoms. The topological polar surface area (TPSA) is 38.7 Å². The van der Waals surface area contributed by atoms with Crippen LogP contribution in [0.25, 0.3) is 5.57 Å². The van der Waals surface area contributed by atoms with E-state index in [2.05, 4.69) is 56.7 Å². The predicted molar refractivity (Wildman–Crippen MR) is 142 cm³/mol. The number of hydrogen-bond donors (Lipinski definition) is 0. The summed E-state index contributed by atoms with van der Waals surface area (Å²) in [6, 6.07) is 18.9. The summed E-state index contributed by atoms with van der Waals surface area (Å²) >= 11 is 0. The van der Waals surface area contributed by atoms with Gasteiger partial charge in [-0.3, -0.25) is 0 Å². The second-order valence-electron chi connectivity index (χ2n) is 9.81. The molecule has 4 rings (SSSR count). The average Bonchev–Trinajstić information content (AvgIpc) is 2.84. The zero-order chi connectivity index (χ0) is 22.4. The molecule has 1 saturated carbocycles. The van der Waals surface area contributed by atoms with E-state index in [9.17, 15) is 0 Å². The van der Waals surface area contributed by atoms with Gasteiger partial charge in [0.25, 0.3) is 0 Å². The molecule has 0 saturated heterocycles. The Morgan fingerprint density at radius 1 is 0.812 bits per heavy atom. The second-order valence-corrected chi connectivity index (χ2v) is 14.7. The molecule has 3 nitrogen and oxygen atoms in total. The number of pyridine rings is 3. The molecule has 0 spiro atoms. The van der Waals surface area contributed by atoms with Crippen molar-refractivity contribution in [3.8, 4) is 0 Å². The Morgan fingerprint density at radius 2 is 1.38 bits per heavy atom. The van der Waals surface area contributed by atoms with Crippen molar-refractivity contribution in [3.63, 3.8) is 0 Å². The summed E-state index contributed by atoms with van der Waals surface area (Å²) in [6.45, 7) is 7.35. The first kappa shape index (κ1) is 22.9. The summed E-state index contributed by atoms with van der Waals surface area (Å²) < 4.78 is 0. The van der Waals surface area contributed by atoms with Crippen molar-refractivity contribution in [1.82, 2.24) is 15.0 Å². The van der Waals surface area contributed by atoms with Crippen molar-refractivity contribution < 1.29 is 0 Å². The van der Waals surface area contributed by atoms with Gasteiger partial charge in [-0.05, 0) is 0 Å². The van der Waals surface area contributed by atoms with Crippen LogP contribution < -0.4 is 11.2 Å². The summed E-state index contributed by atoms with van der Waals surface area (Å²) in [5.41, 5.74) is 6.46. The number of nitrogens with zero attached hydrogens (tertiary/aromatic N) is 3. The molecule has 0 N–H and O–H groups in total. The van der Waals surface area contributed by atoms with Crippen LogP contribution in [0.2, 0.25) is 0 Å². The third-order valence-electron chi connectivity index (χ3n) is 7.02. The molecule has 0 aliphatic heterocycles. The predicted octanol–water partition coefficient (Wildman–Crippen LogP) is 5.04. The summed E-state index contributed by atoms with van der Waals surface area (Å²) in [6.07, 6.45) is 13.9. The van der Waals surface area contributed by atoms with Crippen LogP contribution in [-0.2, 0) is 0 Å². The van der Waals surface area contributed by atoms with Crippen LogP contribution in [0, 0.1) is 5.92 Å². The molecule has 1 aliphatic carbocycles. The Labute approximate surface area is 194 Å². The Balaban J connectivity index is 1.77. The molecule has 1 aliphatic rings. The number of rotatable bonds is 7.